The van der Waals surface area contributed by atoms with Gasteiger partial charge >= 0.3 is 0 Å². The van der Waals surface area contributed by atoms with Crippen LogP contribution in [-0.4, -0.2) is 21.9 Å². The summed E-state index contributed by atoms with van der Waals surface area (Å²) in [6.07, 6.45) is 1.43. The van der Waals surface area contributed by atoms with Gasteiger partial charge in [-0.2, -0.15) is 0 Å². The van der Waals surface area contributed by atoms with Crippen molar-refractivity contribution < 1.29 is 10.0 Å². The molecule has 0 aromatic carbocycles. The number of anilines is 1. The van der Waals surface area contributed by atoms with Crippen molar-refractivity contribution in [3.63, 3.8) is 0 Å². The lowest BCUT2D eigenvalue weighted by atomic mass is 10.4. The normalized spacial score (nSPS) is 11.2. The molecular formula is C6H8N4O2S. The number of nitrogens with zero attached hydrogens (tertiary/aromatic N) is 2. The third-order valence-corrected chi connectivity index (χ3v) is 1.84. The number of amidine groups is 1. The Morgan fingerprint density at radius 3 is 3.15 bits per heavy atom. The van der Waals surface area contributed by atoms with Crippen LogP contribution >= 0.6 is 11.3 Å². The molecule has 1 aromatic rings. The minimum atomic E-state index is -0.356. The molecule has 7 heteroatoms. The molecule has 0 atom stereocenters. The lowest BCUT2D eigenvalue weighted by Crippen LogP contribution is -2.21. The predicted molar refractivity (Wildman–Crippen MR) is 48.8 cm³/mol. The highest BCUT2D eigenvalue weighted by Gasteiger charge is 2.06. The van der Waals surface area contributed by atoms with Crippen LogP contribution in [0.2, 0.25) is 0 Å². The van der Waals surface area contributed by atoms with Gasteiger partial charge in [0.1, 0.15) is 5.84 Å². The van der Waals surface area contributed by atoms with E-state index >= 15 is 0 Å². The highest BCUT2D eigenvalue weighted by atomic mass is 32.1. The number of aromatic nitrogens is 1. The summed E-state index contributed by atoms with van der Waals surface area (Å²) in [5, 5.41) is 15.6. The zero-order valence-corrected chi connectivity index (χ0v) is 7.41. The summed E-state index contributed by atoms with van der Waals surface area (Å²) in [7, 11) is 0. The fraction of sp³-hybridized carbons (Fsp3) is 0.167. The van der Waals surface area contributed by atoms with E-state index < -0.39 is 0 Å². The SMILES string of the molecule is NC(CC(=O)Nc1nccs1)=NO. The maximum Gasteiger partial charge on any atom is 0.233 e. The molecule has 0 radical (unpaired) electrons. The van der Waals surface area contributed by atoms with E-state index in [-0.39, 0.29) is 18.2 Å². The summed E-state index contributed by atoms with van der Waals surface area (Å²) in [4.78, 5) is 14.9. The van der Waals surface area contributed by atoms with Crippen molar-refractivity contribution in [2.75, 3.05) is 5.32 Å². The van der Waals surface area contributed by atoms with Crippen LogP contribution in [0.5, 0.6) is 0 Å². The van der Waals surface area contributed by atoms with E-state index in [9.17, 15) is 4.79 Å². The number of nitrogens with one attached hydrogen (secondary N) is 1. The first-order chi connectivity index (χ1) is 6.22. The summed E-state index contributed by atoms with van der Waals surface area (Å²) in [5.74, 6) is -0.487. The van der Waals surface area contributed by atoms with Gasteiger partial charge in [0, 0.05) is 11.6 Å². The lowest BCUT2D eigenvalue weighted by Gasteiger charge is -1.98. The van der Waals surface area contributed by atoms with Crippen LogP contribution in [0.3, 0.4) is 0 Å². The molecular weight excluding hydrogens is 192 g/mol. The maximum atomic E-state index is 11.1. The van der Waals surface area contributed by atoms with Crippen LogP contribution in [0.4, 0.5) is 5.13 Å². The smallest absolute Gasteiger partial charge is 0.233 e. The van der Waals surface area contributed by atoms with E-state index in [0.29, 0.717) is 5.13 Å². The van der Waals surface area contributed by atoms with Gasteiger partial charge in [-0.1, -0.05) is 5.16 Å². The molecule has 0 aliphatic heterocycles. The highest BCUT2D eigenvalue weighted by molar-refractivity contribution is 7.13. The second kappa shape index (κ2) is 4.41. The molecule has 0 spiro atoms. The van der Waals surface area contributed by atoms with Crippen LogP contribution in [0.15, 0.2) is 16.7 Å². The average Bonchev–Trinajstić information content (AvgIpc) is 2.56. The Hall–Kier alpha value is -1.63. The second-order valence-electron chi connectivity index (χ2n) is 2.15. The number of hydrogen-bond donors (Lipinski definition) is 3. The topological polar surface area (TPSA) is 101 Å². The van der Waals surface area contributed by atoms with Gasteiger partial charge in [0.05, 0.1) is 6.42 Å². The number of hydrogen-bond acceptors (Lipinski definition) is 5. The van der Waals surface area contributed by atoms with Gasteiger partial charge in [0.15, 0.2) is 5.13 Å². The Labute approximate surface area is 78.1 Å². The molecule has 0 saturated carbocycles. The van der Waals surface area contributed by atoms with Gasteiger partial charge in [0.2, 0.25) is 5.91 Å². The first-order valence-corrected chi connectivity index (χ1v) is 4.26. The number of carbonyl (C=O) groups is 1. The standard InChI is InChI=1S/C6H8N4O2S/c7-4(10-12)3-5(11)9-6-8-1-2-13-6/h1-2,12H,3H2,(H2,7,10)(H,8,9,11). The Balaban J connectivity index is 2.43. The fourth-order valence-electron chi connectivity index (χ4n) is 0.648. The van der Waals surface area contributed by atoms with Gasteiger partial charge in [-0.25, -0.2) is 4.98 Å². The van der Waals surface area contributed by atoms with Gasteiger partial charge in [0.25, 0.3) is 0 Å². The third kappa shape index (κ3) is 3.08. The van der Waals surface area contributed by atoms with E-state index in [2.05, 4.69) is 15.5 Å². The number of oxime groups is 1. The van der Waals surface area contributed by atoms with Crippen molar-refractivity contribution in [3.05, 3.63) is 11.6 Å². The van der Waals surface area contributed by atoms with Crippen molar-refractivity contribution in [3.8, 4) is 0 Å². The molecule has 70 valence electrons. The molecule has 13 heavy (non-hydrogen) atoms. The van der Waals surface area contributed by atoms with Crippen LogP contribution in [0, 0.1) is 0 Å². The van der Waals surface area contributed by atoms with Crippen LogP contribution in [-0.2, 0) is 4.79 Å². The molecule has 0 fully saturated rings. The zero-order valence-electron chi connectivity index (χ0n) is 6.60. The molecule has 6 nitrogen and oxygen atoms in total. The zero-order chi connectivity index (χ0) is 9.68. The van der Waals surface area contributed by atoms with Gasteiger partial charge < -0.3 is 16.3 Å². The number of rotatable bonds is 3. The molecule has 1 amide bonds. The molecule has 1 rings (SSSR count). The van der Waals surface area contributed by atoms with Crippen molar-refractivity contribution in [1.82, 2.24) is 4.98 Å². The summed E-state index contributed by atoms with van der Waals surface area (Å²) >= 11 is 1.30. The molecule has 4 N–H and O–H groups in total. The quantitative estimate of drug-likeness (QED) is 0.281. The highest BCUT2D eigenvalue weighted by Crippen LogP contribution is 2.10. The Kier molecular flexibility index (Phi) is 3.21. The molecule has 0 bridgehead atoms. The maximum absolute atomic E-state index is 11.1. The molecule has 0 unspecified atom stereocenters. The van der Waals surface area contributed by atoms with E-state index in [1.165, 1.54) is 11.3 Å². The van der Waals surface area contributed by atoms with Gasteiger partial charge in [-0.3, -0.25) is 4.79 Å². The third-order valence-electron chi connectivity index (χ3n) is 1.15. The minimum absolute atomic E-state index is 0.131. The summed E-state index contributed by atoms with van der Waals surface area (Å²) in [6, 6.07) is 0. The van der Waals surface area contributed by atoms with Crippen molar-refractivity contribution in [2.45, 2.75) is 6.42 Å². The Morgan fingerprint density at radius 1 is 1.85 bits per heavy atom. The molecule has 1 heterocycles. The fourth-order valence-corrected chi connectivity index (χ4v) is 1.19. The molecule has 0 aliphatic carbocycles. The van der Waals surface area contributed by atoms with Gasteiger partial charge in [-0.05, 0) is 0 Å². The first-order valence-electron chi connectivity index (χ1n) is 3.38. The van der Waals surface area contributed by atoms with E-state index in [0.717, 1.165) is 0 Å². The summed E-state index contributed by atoms with van der Waals surface area (Å²) < 4.78 is 0. The summed E-state index contributed by atoms with van der Waals surface area (Å²) in [6.45, 7) is 0. The van der Waals surface area contributed by atoms with Crippen LogP contribution < -0.4 is 11.1 Å². The monoisotopic (exact) mass is 200 g/mol. The minimum Gasteiger partial charge on any atom is -0.409 e. The number of nitrogens with two attached hydrogens (primary N) is 1. The molecule has 1 aromatic heterocycles. The van der Waals surface area contributed by atoms with Crippen molar-refractivity contribution in [1.29, 1.82) is 0 Å². The first kappa shape index (κ1) is 9.46. The Morgan fingerprint density at radius 2 is 2.62 bits per heavy atom. The summed E-state index contributed by atoms with van der Waals surface area (Å²) in [5.41, 5.74) is 5.12. The average molecular weight is 200 g/mol. The van der Waals surface area contributed by atoms with Crippen molar-refractivity contribution in [2.24, 2.45) is 10.9 Å². The van der Waals surface area contributed by atoms with E-state index in [1.54, 1.807) is 11.6 Å². The molecule has 0 saturated heterocycles. The second-order valence-corrected chi connectivity index (χ2v) is 3.05. The largest absolute Gasteiger partial charge is 0.409 e. The number of thiazole rings is 1. The van der Waals surface area contributed by atoms with Gasteiger partial charge in [-0.15, -0.1) is 11.3 Å². The van der Waals surface area contributed by atoms with Crippen molar-refractivity contribution >= 4 is 28.2 Å². The van der Waals surface area contributed by atoms with Crippen LogP contribution in [0.25, 0.3) is 0 Å². The van der Waals surface area contributed by atoms with Crippen LogP contribution in [0.1, 0.15) is 6.42 Å². The predicted octanol–water partition coefficient (Wildman–Crippen LogP) is 0.218. The lowest BCUT2D eigenvalue weighted by molar-refractivity contribution is -0.115. The van der Waals surface area contributed by atoms with E-state index in [1.807, 2.05) is 0 Å². The molecule has 0 aliphatic rings. The Bertz CT molecular complexity index is 308. The number of amides is 1. The van der Waals surface area contributed by atoms with E-state index in [4.69, 9.17) is 10.9 Å². The number of carbonyl (C=O) groups excluding carboxylic acids is 1.